The maximum absolute atomic E-state index is 4.78. The van der Waals surface area contributed by atoms with Crippen molar-refractivity contribution in [2.45, 2.75) is 45.4 Å². The third-order valence-electron chi connectivity index (χ3n) is 4.74. The monoisotopic (exact) mass is 252 g/mol. The smallest absolute Gasteiger partial charge is 0.156 e. The van der Waals surface area contributed by atoms with Crippen molar-refractivity contribution in [3.05, 3.63) is 0 Å². The first-order valence-electron chi connectivity index (χ1n) is 7.19. The molecule has 1 atom stereocenters. The minimum atomic E-state index is 0.581. The largest absolute Gasteiger partial charge is 0.365 e. The second kappa shape index (κ2) is 4.83. The number of hydrogen-bond donors (Lipinski definition) is 1. The lowest BCUT2D eigenvalue weighted by atomic mass is 9.89. The van der Waals surface area contributed by atoms with Gasteiger partial charge in [-0.3, -0.25) is 4.99 Å². The van der Waals surface area contributed by atoms with Crippen LogP contribution in [0.5, 0.6) is 0 Å². The Balaban J connectivity index is 1.47. The fourth-order valence-electron chi connectivity index (χ4n) is 3.17. The molecule has 2 nitrogen and oxygen atoms in total. The van der Waals surface area contributed by atoms with Crippen molar-refractivity contribution in [2.75, 3.05) is 18.8 Å². The molecule has 0 bridgehead atoms. The zero-order valence-electron chi connectivity index (χ0n) is 10.9. The van der Waals surface area contributed by atoms with Crippen molar-refractivity contribution in [1.29, 1.82) is 0 Å². The zero-order chi connectivity index (χ0) is 11.7. The van der Waals surface area contributed by atoms with Crippen LogP contribution in [0, 0.1) is 17.3 Å². The zero-order valence-corrected chi connectivity index (χ0v) is 11.7. The highest BCUT2D eigenvalue weighted by Gasteiger charge is 2.36. The molecule has 3 aliphatic rings. The van der Waals surface area contributed by atoms with E-state index in [0.29, 0.717) is 5.41 Å². The summed E-state index contributed by atoms with van der Waals surface area (Å²) in [6, 6.07) is 0. The van der Waals surface area contributed by atoms with Gasteiger partial charge in [0, 0.05) is 18.8 Å². The van der Waals surface area contributed by atoms with E-state index in [1.165, 1.54) is 49.4 Å². The number of rotatable bonds is 3. The normalized spacial score (nSPS) is 29.1. The Morgan fingerprint density at radius 1 is 1.41 bits per heavy atom. The van der Waals surface area contributed by atoms with Gasteiger partial charge in [-0.1, -0.05) is 31.5 Å². The molecule has 1 aliphatic heterocycles. The Labute approximate surface area is 109 Å². The summed E-state index contributed by atoms with van der Waals surface area (Å²) in [5.74, 6) is 3.13. The summed E-state index contributed by atoms with van der Waals surface area (Å²) in [6.07, 6.45) is 8.58. The highest BCUT2D eigenvalue weighted by atomic mass is 32.2. The molecule has 2 fully saturated rings. The van der Waals surface area contributed by atoms with Gasteiger partial charge in [0.2, 0.25) is 0 Å². The van der Waals surface area contributed by atoms with Crippen LogP contribution in [-0.4, -0.2) is 24.0 Å². The van der Waals surface area contributed by atoms with Gasteiger partial charge in [-0.2, -0.15) is 0 Å². The number of amidine groups is 1. The van der Waals surface area contributed by atoms with Gasteiger partial charge in [0.15, 0.2) is 5.17 Å². The Morgan fingerprint density at radius 2 is 2.18 bits per heavy atom. The lowest BCUT2D eigenvalue weighted by molar-refractivity contribution is 0.358. The Morgan fingerprint density at radius 3 is 2.76 bits per heavy atom. The van der Waals surface area contributed by atoms with Crippen LogP contribution in [0.2, 0.25) is 0 Å². The van der Waals surface area contributed by atoms with Crippen LogP contribution >= 0.6 is 11.8 Å². The molecule has 17 heavy (non-hydrogen) atoms. The summed E-state index contributed by atoms with van der Waals surface area (Å²) in [4.78, 5) is 4.78. The van der Waals surface area contributed by atoms with E-state index < -0.39 is 0 Å². The first-order valence-corrected chi connectivity index (χ1v) is 8.17. The van der Waals surface area contributed by atoms with Gasteiger partial charge in [0.05, 0.1) is 0 Å². The molecule has 3 heteroatoms. The van der Waals surface area contributed by atoms with E-state index in [9.17, 15) is 0 Å². The fraction of sp³-hybridized carbons (Fsp3) is 0.929. The van der Waals surface area contributed by atoms with Gasteiger partial charge in [-0.25, -0.2) is 0 Å². The molecule has 1 N–H and O–H groups in total. The fourth-order valence-corrected chi connectivity index (χ4v) is 4.33. The van der Waals surface area contributed by atoms with Crippen molar-refractivity contribution in [3.63, 3.8) is 0 Å². The molecule has 0 aromatic rings. The highest BCUT2D eigenvalue weighted by Crippen LogP contribution is 2.43. The van der Waals surface area contributed by atoms with Crippen molar-refractivity contribution in [1.82, 2.24) is 5.32 Å². The van der Waals surface area contributed by atoms with Crippen molar-refractivity contribution in [3.8, 4) is 0 Å². The first kappa shape index (κ1) is 11.9. The van der Waals surface area contributed by atoms with Crippen molar-refractivity contribution in [2.24, 2.45) is 22.2 Å². The maximum atomic E-state index is 4.78. The van der Waals surface area contributed by atoms with E-state index in [-0.39, 0.29) is 0 Å². The summed E-state index contributed by atoms with van der Waals surface area (Å²) < 4.78 is 0. The molecular formula is C14H24N2S. The summed E-state index contributed by atoms with van der Waals surface area (Å²) in [7, 11) is 0. The topological polar surface area (TPSA) is 24.4 Å². The molecule has 3 rings (SSSR count). The van der Waals surface area contributed by atoms with Gasteiger partial charge in [-0.15, -0.1) is 0 Å². The average molecular weight is 252 g/mol. The Bertz CT molecular complexity index is 303. The van der Waals surface area contributed by atoms with Crippen molar-refractivity contribution >= 4 is 16.9 Å². The number of hydrogen-bond acceptors (Lipinski definition) is 3. The molecule has 1 spiro atoms. The van der Waals surface area contributed by atoms with Gasteiger partial charge in [-0.05, 0) is 42.9 Å². The predicted octanol–water partition coefficient (Wildman–Crippen LogP) is 3.29. The van der Waals surface area contributed by atoms with Crippen LogP contribution in [-0.2, 0) is 0 Å². The van der Waals surface area contributed by atoms with Gasteiger partial charge in [0.1, 0.15) is 0 Å². The quantitative estimate of drug-likeness (QED) is 0.833. The minimum Gasteiger partial charge on any atom is -0.365 e. The average Bonchev–Trinajstić information content (AvgIpc) is 3.11. The van der Waals surface area contributed by atoms with Crippen LogP contribution in [0.25, 0.3) is 0 Å². The van der Waals surface area contributed by atoms with Crippen LogP contribution in [0.4, 0.5) is 0 Å². The van der Waals surface area contributed by atoms with Crippen LogP contribution in [0.15, 0.2) is 4.99 Å². The molecule has 0 saturated heterocycles. The molecule has 2 aliphatic carbocycles. The number of aliphatic imine (C=N–C) groups is 1. The lowest BCUT2D eigenvalue weighted by Crippen LogP contribution is -2.35. The summed E-state index contributed by atoms with van der Waals surface area (Å²) in [6.45, 7) is 4.58. The van der Waals surface area contributed by atoms with Gasteiger partial charge >= 0.3 is 0 Å². The minimum absolute atomic E-state index is 0.581. The molecular weight excluding hydrogens is 228 g/mol. The molecule has 0 aromatic carbocycles. The SMILES string of the molecule is CC(CNC1=NCC2(CCCC2)CS1)C1CC1. The maximum Gasteiger partial charge on any atom is 0.156 e. The van der Waals surface area contributed by atoms with E-state index in [0.717, 1.165) is 24.9 Å². The number of nitrogens with one attached hydrogen (secondary N) is 1. The third kappa shape index (κ3) is 2.81. The molecule has 96 valence electrons. The predicted molar refractivity (Wildman–Crippen MR) is 75.6 cm³/mol. The van der Waals surface area contributed by atoms with Crippen LogP contribution in [0.1, 0.15) is 45.4 Å². The standard InChI is InChI=1S/C14H24N2S/c1-11(12-4-5-12)8-15-13-16-9-14(10-17-13)6-2-3-7-14/h11-12H,2-10H2,1H3,(H,15,16). The first-order chi connectivity index (χ1) is 8.27. The van der Waals surface area contributed by atoms with E-state index in [2.05, 4.69) is 12.2 Å². The molecule has 0 aromatic heterocycles. The van der Waals surface area contributed by atoms with Gasteiger partial charge < -0.3 is 5.32 Å². The van der Waals surface area contributed by atoms with E-state index in [1.807, 2.05) is 11.8 Å². The number of thioether (sulfide) groups is 1. The third-order valence-corrected chi connectivity index (χ3v) is 6.04. The van der Waals surface area contributed by atoms with E-state index in [4.69, 9.17) is 4.99 Å². The molecule has 2 saturated carbocycles. The number of nitrogens with zero attached hydrogens (tertiary/aromatic N) is 1. The molecule has 0 radical (unpaired) electrons. The van der Waals surface area contributed by atoms with E-state index in [1.54, 1.807) is 0 Å². The Kier molecular flexibility index (Phi) is 3.38. The Hall–Kier alpha value is -0.180. The second-order valence-corrected chi connectivity index (χ2v) is 7.28. The second-order valence-electron chi connectivity index (χ2n) is 6.31. The summed E-state index contributed by atoms with van der Waals surface area (Å²) in [5.41, 5.74) is 0.581. The summed E-state index contributed by atoms with van der Waals surface area (Å²) >= 11 is 1.97. The van der Waals surface area contributed by atoms with Gasteiger partial charge in [0.25, 0.3) is 0 Å². The lowest BCUT2D eigenvalue weighted by Gasteiger charge is -2.31. The molecule has 0 amide bonds. The molecule has 1 heterocycles. The van der Waals surface area contributed by atoms with Crippen molar-refractivity contribution < 1.29 is 0 Å². The van der Waals surface area contributed by atoms with E-state index >= 15 is 0 Å². The molecule has 1 unspecified atom stereocenters. The summed E-state index contributed by atoms with van der Waals surface area (Å²) in [5, 5.41) is 4.78. The highest BCUT2D eigenvalue weighted by molar-refractivity contribution is 8.13. The van der Waals surface area contributed by atoms with Crippen LogP contribution < -0.4 is 5.32 Å². The van der Waals surface area contributed by atoms with Crippen LogP contribution in [0.3, 0.4) is 0 Å².